The van der Waals surface area contributed by atoms with Crippen molar-refractivity contribution in [1.82, 2.24) is 0 Å². The molecule has 0 bridgehead atoms. The highest BCUT2D eigenvalue weighted by Crippen LogP contribution is 2.13. The molecule has 0 N–H and O–H groups in total. The average molecular weight is 317 g/mol. The smallest absolute Gasteiger partial charge is 0.0266 e. The lowest BCUT2D eigenvalue weighted by Gasteiger charge is -2.02. The summed E-state index contributed by atoms with van der Waals surface area (Å²) >= 11 is 4.65. The summed E-state index contributed by atoms with van der Waals surface area (Å²) in [7, 11) is 0. The molecule has 0 saturated carbocycles. The van der Waals surface area contributed by atoms with Gasteiger partial charge in [0.15, 0.2) is 0 Å². The molecule has 0 nitrogen and oxygen atoms in total. The maximum Gasteiger partial charge on any atom is -0.0266 e. The van der Waals surface area contributed by atoms with E-state index in [0.717, 1.165) is 6.42 Å². The van der Waals surface area contributed by atoms with Crippen LogP contribution in [0.15, 0.2) is 6.08 Å². The average Bonchev–Trinajstić information content (AvgIpc) is 2.43. The van der Waals surface area contributed by atoms with Crippen LogP contribution in [0.25, 0.3) is 0 Å². The number of allylic oxidation sites excluding steroid dienone is 1. The van der Waals surface area contributed by atoms with Gasteiger partial charge in [-0.1, -0.05) is 95.4 Å². The van der Waals surface area contributed by atoms with E-state index in [1.807, 2.05) is 6.08 Å². The van der Waals surface area contributed by atoms with Crippen molar-refractivity contribution in [1.29, 1.82) is 0 Å². The largest absolute Gasteiger partial charge is 0.153 e. The first-order valence-electron chi connectivity index (χ1n) is 8.61. The van der Waals surface area contributed by atoms with Crippen LogP contribution in [0.3, 0.4) is 0 Å². The van der Waals surface area contributed by atoms with E-state index in [1.54, 1.807) is 0 Å². The summed E-state index contributed by atoms with van der Waals surface area (Å²) in [5.41, 5.74) is 0. The van der Waals surface area contributed by atoms with E-state index >= 15 is 0 Å². The van der Waals surface area contributed by atoms with Gasteiger partial charge in [-0.25, -0.2) is 0 Å². The van der Waals surface area contributed by atoms with Gasteiger partial charge in [0.1, 0.15) is 0 Å². The molecule has 2 heteroatoms. The highest BCUT2D eigenvalue weighted by Gasteiger charge is 1.93. The van der Waals surface area contributed by atoms with Gasteiger partial charge in [0.05, 0.1) is 0 Å². The molecule has 0 rings (SSSR count). The van der Waals surface area contributed by atoms with E-state index < -0.39 is 0 Å². The summed E-state index contributed by atoms with van der Waals surface area (Å²) in [6.45, 7) is 2.29. The first kappa shape index (κ1) is 22.6. The van der Waals surface area contributed by atoms with E-state index in [-0.39, 0.29) is 9.90 Å². The van der Waals surface area contributed by atoms with Crippen molar-refractivity contribution in [2.75, 3.05) is 0 Å². The van der Waals surface area contributed by atoms with Gasteiger partial charge in [0.25, 0.3) is 0 Å². The zero-order valence-corrected chi connectivity index (χ0v) is 16.0. The first-order valence-corrected chi connectivity index (χ1v) is 9.02. The number of unbranched alkanes of at least 4 members (excludes halogenated alkanes) is 14. The molecule has 0 radical (unpaired) electrons. The van der Waals surface area contributed by atoms with E-state index in [9.17, 15) is 0 Å². The van der Waals surface area contributed by atoms with E-state index in [1.165, 1.54) is 89.9 Å². The highest BCUT2D eigenvalue weighted by atomic mass is 32.1. The third-order valence-electron chi connectivity index (χ3n) is 3.79. The molecule has 1 atom stereocenters. The Morgan fingerprint density at radius 3 is 1.35 bits per heavy atom. The van der Waals surface area contributed by atoms with Crippen LogP contribution in [0.4, 0.5) is 0 Å². The molecule has 0 aliphatic heterocycles. The number of thiocarbonyl (C=S) groups is 1. The Morgan fingerprint density at radius 1 is 0.650 bits per heavy atom. The fourth-order valence-electron chi connectivity index (χ4n) is 2.50. The fourth-order valence-corrected chi connectivity index (χ4v) is 2.62. The summed E-state index contributed by atoms with van der Waals surface area (Å²) in [4.78, 5) is 0. The minimum Gasteiger partial charge on any atom is -0.153 e. The third kappa shape index (κ3) is 20.6. The second kappa shape index (κ2) is 21.6. The van der Waals surface area contributed by atoms with Crippen LogP contribution in [-0.4, -0.2) is 5.02 Å². The maximum atomic E-state index is 4.65. The van der Waals surface area contributed by atoms with Gasteiger partial charge >= 0.3 is 0 Å². The predicted molar refractivity (Wildman–Crippen MR) is 103 cm³/mol. The van der Waals surface area contributed by atoms with Crippen molar-refractivity contribution in [3.8, 4) is 0 Å². The van der Waals surface area contributed by atoms with Crippen LogP contribution in [0, 0.1) is 0 Å². The van der Waals surface area contributed by atoms with Gasteiger partial charge in [-0.2, -0.15) is 9.90 Å². The second-order valence-corrected chi connectivity index (χ2v) is 5.94. The minimum atomic E-state index is 0. The molecule has 0 spiro atoms. The Labute approximate surface area is 136 Å². The Kier molecular flexibility index (Phi) is 24.4. The Morgan fingerprint density at radius 2 is 1.00 bits per heavy atom. The summed E-state index contributed by atoms with van der Waals surface area (Å²) in [5, 5.41) is 2.67. The molecule has 0 fully saturated rings. The van der Waals surface area contributed by atoms with E-state index in [0.29, 0.717) is 0 Å². The molecule has 0 heterocycles. The summed E-state index contributed by atoms with van der Waals surface area (Å²) in [6, 6.07) is 0. The van der Waals surface area contributed by atoms with Crippen molar-refractivity contribution >= 4 is 27.1 Å². The van der Waals surface area contributed by atoms with Crippen LogP contribution in [-0.2, 0) is 0 Å². The standard InChI is InChI=1S/C18H34S.H3P/c1-2-3-4-5-6-7-8-9-10-11-12-13-14-15-16-17-18-19;/h17H,2-16H2,1H3;1H3. The molecule has 0 aliphatic rings. The fraction of sp³-hybridized carbons (Fsp3) is 0.889. The molecule has 0 aromatic heterocycles. The second-order valence-electron chi connectivity index (χ2n) is 5.71. The summed E-state index contributed by atoms with van der Waals surface area (Å²) < 4.78 is 0. The van der Waals surface area contributed by atoms with Gasteiger partial charge in [-0.15, -0.1) is 0 Å². The predicted octanol–water partition coefficient (Wildman–Crippen LogP) is 7.07. The van der Waals surface area contributed by atoms with Crippen molar-refractivity contribution < 1.29 is 0 Å². The number of hydrogen-bond acceptors (Lipinski definition) is 1. The van der Waals surface area contributed by atoms with Crippen molar-refractivity contribution in [2.24, 2.45) is 0 Å². The Balaban J connectivity index is 0. The third-order valence-corrected chi connectivity index (χ3v) is 3.95. The highest BCUT2D eigenvalue weighted by molar-refractivity contribution is 7.78. The Bertz CT molecular complexity index is 209. The monoisotopic (exact) mass is 316 g/mol. The zero-order chi connectivity index (χ0) is 14.0. The molecule has 0 aromatic carbocycles. The quantitative estimate of drug-likeness (QED) is 0.177. The van der Waals surface area contributed by atoms with Crippen LogP contribution in [0.5, 0.6) is 0 Å². The maximum absolute atomic E-state index is 4.65. The summed E-state index contributed by atoms with van der Waals surface area (Å²) in [5.74, 6) is 0. The van der Waals surface area contributed by atoms with Crippen LogP contribution in [0.1, 0.15) is 103 Å². The molecule has 0 saturated heterocycles. The number of hydrogen-bond donors (Lipinski definition) is 0. The summed E-state index contributed by atoms with van der Waals surface area (Å²) in [6.07, 6.45) is 23.1. The normalized spacial score (nSPS) is 9.85. The van der Waals surface area contributed by atoms with E-state index in [4.69, 9.17) is 0 Å². The molecule has 0 aliphatic carbocycles. The lowest BCUT2D eigenvalue weighted by atomic mass is 10.0. The first-order chi connectivity index (χ1) is 9.41. The van der Waals surface area contributed by atoms with Crippen LogP contribution < -0.4 is 0 Å². The Hall–Kier alpha value is 0.300. The van der Waals surface area contributed by atoms with Gasteiger partial charge in [-0.3, -0.25) is 0 Å². The molecular formula is C18H37PS. The molecule has 20 heavy (non-hydrogen) atoms. The SMILES string of the molecule is CCCCCCCCCCCCCCCCC=C=S.P. The molecule has 0 aromatic rings. The van der Waals surface area contributed by atoms with Crippen molar-refractivity contribution in [3.63, 3.8) is 0 Å². The van der Waals surface area contributed by atoms with Crippen LogP contribution >= 0.6 is 22.1 Å². The van der Waals surface area contributed by atoms with Gasteiger partial charge in [0.2, 0.25) is 0 Å². The van der Waals surface area contributed by atoms with Gasteiger partial charge in [0, 0.05) is 0 Å². The lowest BCUT2D eigenvalue weighted by molar-refractivity contribution is 0.536. The minimum absolute atomic E-state index is 0. The lowest BCUT2D eigenvalue weighted by Crippen LogP contribution is -1.83. The topological polar surface area (TPSA) is 0 Å². The van der Waals surface area contributed by atoms with Crippen molar-refractivity contribution in [2.45, 2.75) is 103 Å². The van der Waals surface area contributed by atoms with Crippen LogP contribution in [0.2, 0.25) is 0 Å². The molecule has 1 unspecified atom stereocenters. The number of rotatable bonds is 15. The van der Waals surface area contributed by atoms with Gasteiger partial charge in [-0.05, 0) is 31.1 Å². The van der Waals surface area contributed by atoms with Crippen molar-refractivity contribution in [3.05, 3.63) is 6.08 Å². The molecular weight excluding hydrogens is 279 g/mol. The molecule has 120 valence electrons. The van der Waals surface area contributed by atoms with E-state index in [2.05, 4.69) is 24.2 Å². The zero-order valence-electron chi connectivity index (χ0n) is 13.8. The van der Waals surface area contributed by atoms with Gasteiger partial charge < -0.3 is 0 Å². The molecule has 0 amide bonds.